The summed E-state index contributed by atoms with van der Waals surface area (Å²) in [5.74, 6) is -0.793. The number of sulfonamides is 1. The number of piperidine rings is 1. The lowest BCUT2D eigenvalue weighted by Crippen LogP contribution is -2.49. The van der Waals surface area contributed by atoms with Gasteiger partial charge < -0.3 is 5.32 Å². The van der Waals surface area contributed by atoms with Gasteiger partial charge in [0, 0.05) is 11.6 Å². The molecular formula is C19H18ClF3N2O3S. The molecule has 0 bridgehead atoms. The predicted octanol–water partition coefficient (Wildman–Crippen LogP) is 4.54. The molecule has 10 heteroatoms. The van der Waals surface area contributed by atoms with E-state index in [0.717, 1.165) is 16.4 Å². The lowest BCUT2D eigenvalue weighted by Gasteiger charge is -2.33. The zero-order valence-electron chi connectivity index (χ0n) is 15.1. The number of halogens is 4. The second-order valence-electron chi connectivity index (χ2n) is 6.61. The normalized spacial score (nSPS) is 18.4. The molecule has 1 atom stereocenters. The summed E-state index contributed by atoms with van der Waals surface area (Å²) < 4.78 is 66.7. The Morgan fingerprint density at radius 3 is 2.38 bits per heavy atom. The van der Waals surface area contributed by atoms with E-state index in [1.54, 1.807) is 0 Å². The molecule has 1 heterocycles. The lowest BCUT2D eigenvalue weighted by atomic mass is 10.0. The third-order valence-corrected chi connectivity index (χ3v) is 6.84. The minimum absolute atomic E-state index is 0.0303. The van der Waals surface area contributed by atoms with Gasteiger partial charge in [-0.25, -0.2) is 8.42 Å². The average Bonchev–Trinajstić information content (AvgIpc) is 2.68. The molecule has 1 aliphatic rings. The lowest BCUT2D eigenvalue weighted by molar-refractivity contribution is -0.137. The number of amides is 1. The topological polar surface area (TPSA) is 66.5 Å². The first-order valence-electron chi connectivity index (χ1n) is 8.85. The SMILES string of the molecule is O=C(Nc1ccccc1C(F)(F)F)[C@H]1CCCCN1S(=O)(=O)c1ccc(Cl)cc1. The molecule has 2 aromatic carbocycles. The molecule has 5 nitrogen and oxygen atoms in total. The second kappa shape index (κ2) is 8.33. The molecule has 0 unspecified atom stereocenters. The Balaban J connectivity index is 1.89. The number of hydrogen-bond acceptors (Lipinski definition) is 3. The van der Waals surface area contributed by atoms with Gasteiger partial charge in [-0.1, -0.05) is 30.2 Å². The highest BCUT2D eigenvalue weighted by atomic mass is 35.5. The fourth-order valence-electron chi connectivity index (χ4n) is 3.25. The third kappa shape index (κ3) is 4.73. The summed E-state index contributed by atoms with van der Waals surface area (Å²) in [6.45, 7) is 0.101. The number of hydrogen-bond donors (Lipinski definition) is 1. The molecule has 0 radical (unpaired) electrons. The largest absolute Gasteiger partial charge is 0.418 e. The molecule has 0 saturated carbocycles. The summed E-state index contributed by atoms with van der Waals surface area (Å²) in [7, 11) is -4.01. The number of carbonyl (C=O) groups excluding carboxylic acids is 1. The van der Waals surface area contributed by atoms with Crippen LogP contribution in [-0.2, 0) is 21.0 Å². The summed E-state index contributed by atoms with van der Waals surface area (Å²) >= 11 is 5.80. The minimum Gasteiger partial charge on any atom is -0.324 e. The first-order valence-corrected chi connectivity index (χ1v) is 10.7. The van der Waals surface area contributed by atoms with Crippen LogP contribution in [0.4, 0.5) is 18.9 Å². The van der Waals surface area contributed by atoms with Crippen molar-refractivity contribution < 1.29 is 26.4 Å². The molecule has 2 aromatic rings. The van der Waals surface area contributed by atoms with E-state index >= 15 is 0 Å². The van der Waals surface area contributed by atoms with Crippen molar-refractivity contribution in [1.82, 2.24) is 4.31 Å². The van der Waals surface area contributed by atoms with Crippen LogP contribution in [0.1, 0.15) is 24.8 Å². The van der Waals surface area contributed by atoms with Crippen LogP contribution >= 0.6 is 11.6 Å². The number of rotatable bonds is 4. The molecular weight excluding hydrogens is 429 g/mol. The van der Waals surface area contributed by atoms with E-state index in [0.29, 0.717) is 17.9 Å². The molecule has 1 aliphatic heterocycles. The molecule has 29 heavy (non-hydrogen) atoms. The quantitative estimate of drug-likeness (QED) is 0.749. The van der Waals surface area contributed by atoms with E-state index in [1.165, 1.54) is 36.4 Å². The summed E-state index contributed by atoms with van der Waals surface area (Å²) in [4.78, 5) is 12.8. The van der Waals surface area contributed by atoms with Gasteiger partial charge in [0.15, 0.2) is 0 Å². The highest BCUT2D eigenvalue weighted by Crippen LogP contribution is 2.35. The third-order valence-electron chi connectivity index (χ3n) is 4.67. The Bertz CT molecular complexity index is 995. The van der Waals surface area contributed by atoms with Crippen molar-refractivity contribution in [3.8, 4) is 0 Å². The Hall–Kier alpha value is -2.10. The van der Waals surface area contributed by atoms with Crippen LogP contribution in [0, 0.1) is 0 Å². The van der Waals surface area contributed by atoms with E-state index in [-0.39, 0.29) is 17.9 Å². The van der Waals surface area contributed by atoms with Crippen molar-refractivity contribution >= 4 is 33.2 Å². The highest BCUT2D eigenvalue weighted by molar-refractivity contribution is 7.89. The molecule has 1 N–H and O–H groups in total. The number of alkyl halides is 3. The Morgan fingerprint density at radius 2 is 1.72 bits per heavy atom. The molecule has 1 amide bonds. The van der Waals surface area contributed by atoms with Crippen molar-refractivity contribution in [1.29, 1.82) is 0 Å². The molecule has 1 fully saturated rings. The molecule has 0 spiro atoms. The number of nitrogens with one attached hydrogen (secondary N) is 1. The summed E-state index contributed by atoms with van der Waals surface area (Å²) in [5.41, 5.74) is -1.39. The van der Waals surface area contributed by atoms with E-state index in [9.17, 15) is 26.4 Å². The van der Waals surface area contributed by atoms with Crippen molar-refractivity contribution in [2.75, 3.05) is 11.9 Å². The highest BCUT2D eigenvalue weighted by Gasteiger charge is 2.39. The van der Waals surface area contributed by atoms with Crippen LogP contribution in [0.25, 0.3) is 0 Å². The predicted molar refractivity (Wildman–Crippen MR) is 103 cm³/mol. The Kier molecular flexibility index (Phi) is 6.21. The fraction of sp³-hybridized carbons (Fsp3) is 0.316. The Labute approximate surface area is 171 Å². The molecule has 1 saturated heterocycles. The molecule has 0 aromatic heterocycles. The van der Waals surface area contributed by atoms with Gasteiger partial charge in [0.2, 0.25) is 15.9 Å². The summed E-state index contributed by atoms with van der Waals surface area (Å²) in [6.07, 6.45) is -3.29. The standard InChI is InChI=1S/C19H18ClF3N2O3S/c20-13-8-10-14(11-9-13)29(27,28)25-12-4-3-7-17(25)18(26)24-16-6-2-1-5-15(16)19(21,22)23/h1-2,5-6,8-11,17H,3-4,7,12H2,(H,24,26)/t17-/m1/s1. The van der Waals surface area contributed by atoms with Gasteiger partial charge in [0.1, 0.15) is 6.04 Å². The van der Waals surface area contributed by atoms with Crippen LogP contribution in [0.15, 0.2) is 53.4 Å². The second-order valence-corrected chi connectivity index (χ2v) is 8.94. The summed E-state index contributed by atoms with van der Waals surface area (Å²) in [5, 5.41) is 2.62. The van der Waals surface area contributed by atoms with Gasteiger partial charge in [0.05, 0.1) is 16.1 Å². The van der Waals surface area contributed by atoms with E-state index in [4.69, 9.17) is 11.6 Å². The molecule has 3 rings (SSSR count). The molecule has 156 valence electrons. The number of carbonyl (C=O) groups is 1. The van der Waals surface area contributed by atoms with Gasteiger partial charge in [-0.15, -0.1) is 0 Å². The minimum atomic E-state index is -4.65. The maximum atomic E-state index is 13.2. The number of para-hydroxylation sites is 1. The van der Waals surface area contributed by atoms with E-state index in [2.05, 4.69) is 5.32 Å². The van der Waals surface area contributed by atoms with Crippen LogP contribution in [0.3, 0.4) is 0 Å². The Morgan fingerprint density at radius 1 is 1.07 bits per heavy atom. The van der Waals surface area contributed by atoms with Crippen molar-refractivity contribution in [3.05, 3.63) is 59.1 Å². The van der Waals surface area contributed by atoms with Gasteiger partial charge >= 0.3 is 6.18 Å². The number of benzene rings is 2. The van der Waals surface area contributed by atoms with Crippen LogP contribution in [0.2, 0.25) is 5.02 Å². The fourth-order valence-corrected chi connectivity index (χ4v) is 5.03. The zero-order valence-corrected chi connectivity index (χ0v) is 16.7. The number of anilines is 1. The first kappa shape index (κ1) is 21.6. The average molecular weight is 447 g/mol. The monoisotopic (exact) mass is 446 g/mol. The van der Waals surface area contributed by atoms with Crippen LogP contribution in [0.5, 0.6) is 0 Å². The maximum absolute atomic E-state index is 13.2. The smallest absolute Gasteiger partial charge is 0.324 e. The zero-order chi connectivity index (χ0) is 21.2. The van der Waals surface area contributed by atoms with Gasteiger partial charge in [-0.05, 0) is 49.2 Å². The van der Waals surface area contributed by atoms with Crippen LogP contribution in [-0.4, -0.2) is 31.2 Å². The number of nitrogens with zero attached hydrogens (tertiary/aromatic N) is 1. The van der Waals surface area contributed by atoms with E-state index < -0.39 is 39.4 Å². The molecule has 0 aliphatic carbocycles. The first-order chi connectivity index (χ1) is 13.6. The van der Waals surface area contributed by atoms with Gasteiger partial charge in [0.25, 0.3) is 0 Å². The van der Waals surface area contributed by atoms with Gasteiger partial charge in [-0.3, -0.25) is 4.79 Å². The summed E-state index contributed by atoms with van der Waals surface area (Å²) in [6, 6.07) is 9.00. The maximum Gasteiger partial charge on any atom is 0.418 e. The van der Waals surface area contributed by atoms with Crippen LogP contribution < -0.4 is 5.32 Å². The van der Waals surface area contributed by atoms with Crippen molar-refractivity contribution in [3.63, 3.8) is 0 Å². The van der Waals surface area contributed by atoms with Gasteiger partial charge in [-0.2, -0.15) is 17.5 Å². The van der Waals surface area contributed by atoms with E-state index in [1.807, 2.05) is 0 Å². The van der Waals surface area contributed by atoms with Crippen molar-refractivity contribution in [2.24, 2.45) is 0 Å². The van der Waals surface area contributed by atoms with Crippen molar-refractivity contribution in [2.45, 2.75) is 36.4 Å².